The lowest BCUT2D eigenvalue weighted by molar-refractivity contribution is -0.118. The van der Waals surface area contributed by atoms with Gasteiger partial charge in [-0.05, 0) is 41.6 Å². The van der Waals surface area contributed by atoms with E-state index in [2.05, 4.69) is 30.5 Å². The van der Waals surface area contributed by atoms with Crippen molar-refractivity contribution in [3.05, 3.63) is 69.5 Å². The number of primary amides is 1. The van der Waals surface area contributed by atoms with Crippen LogP contribution in [0.25, 0.3) is 21.1 Å². The number of amides is 1. The second kappa shape index (κ2) is 6.46. The molecule has 2 aromatic carbocycles. The van der Waals surface area contributed by atoms with E-state index in [0.29, 0.717) is 13.1 Å². The average Bonchev–Trinajstić information content (AvgIpc) is 3.15. The monoisotopic (exact) mass is 365 g/mol. The number of carbonyl (C=O) groups excluding carboxylic acids is 1. The van der Waals surface area contributed by atoms with Crippen molar-refractivity contribution in [2.24, 2.45) is 5.73 Å². The van der Waals surface area contributed by atoms with Gasteiger partial charge in [0.2, 0.25) is 5.91 Å². The quantitative estimate of drug-likeness (QED) is 0.590. The minimum Gasteiger partial charge on any atom is -0.370 e. The minimum atomic E-state index is -0.409. The molecule has 4 aromatic rings. The number of carbonyl (C=O) groups is 1. The van der Waals surface area contributed by atoms with Crippen LogP contribution in [-0.4, -0.2) is 15.0 Å². The third kappa shape index (κ3) is 2.72. The van der Waals surface area contributed by atoms with E-state index in [1.165, 1.54) is 15.6 Å². The zero-order valence-electron chi connectivity index (χ0n) is 14.4. The van der Waals surface area contributed by atoms with Crippen LogP contribution in [0.2, 0.25) is 0 Å². The Kier molecular flexibility index (Phi) is 4.12. The van der Waals surface area contributed by atoms with E-state index in [1.807, 2.05) is 24.3 Å². The van der Waals surface area contributed by atoms with Crippen LogP contribution in [-0.2, 0) is 17.9 Å². The van der Waals surface area contributed by atoms with Gasteiger partial charge in [0.25, 0.3) is 0 Å². The van der Waals surface area contributed by atoms with E-state index in [-0.39, 0.29) is 12.1 Å². The topological polar surface area (TPSA) is 70.0 Å². The standard InChI is InChI=1S/C20H19N3O2S/c1-13-5-4-8-17-19(13)14(12-26-17)11-23-16-7-3-2-6-15(16)22(20(23)25)10-9-18(21)24/h2-8,12H,9-11H2,1H3,(H2,21,24). The highest BCUT2D eigenvalue weighted by Gasteiger charge is 2.15. The summed E-state index contributed by atoms with van der Waals surface area (Å²) in [6.07, 6.45) is 0.147. The van der Waals surface area contributed by atoms with Gasteiger partial charge in [0, 0.05) is 23.1 Å². The maximum Gasteiger partial charge on any atom is 0.329 e. The molecule has 1 amide bonds. The third-order valence-corrected chi connectivity index (χ3v) is 5.72. The number of nitrogens with two attached hydrogens (primary N) is 1. The molecular formula is C20H19N3O2S. The highest BCUT2D eigenvalue weighted by atomic mass is 32.1. The summed E-state index contributed by atoms with van der Waals surface area (Å²) < 4.78 is 4.65. The van der Waals surface area contributed by atoms with E-state index in [4.69, 9.17) is 5.73 Å². The molecule has 0 spiro atoms. The van der Waals surface area contributed by atoms with Crippen molar-refractivity contribution < 1.29 is 4.79 Å². The largest absolute Gasteiger partial charge is 0.370 e. The number of aromatic nitrogens is 2. The molecule has 6 heteroatoms. The van der Waals surface area contributed by atoms with Gasteiger partial charge in [-0.2, -0.15) is 0 Å². The summed E-state index contributed by atoms with van der Waals surface area (Å²) >= 11 is 1.70. The van der Waals surface area contributed by atoms with Crippen molar-refractivity contribution in [1.29, 1.82) is 0 Å². The fourth-order valence-corrected chi connectivity index (χ4v) is 4.52. The average molecular weight is 365 g/mol. The molecule has 0 aliphatic heterocycles. The molecule has 5 nitrogen and oxygen atoms in total. The van der Waals surface area contributed by atoms with Gasteiger partial charge < -0.3 is 5.73 Å². The van der Waals surface area contributed by atoms with E-state index < -0.39 is 5.91 Å². The zero-order chi connectivity index (χ0) is 18.3. The minimum absolute atomic E-state index is 0.111. The molecule has 0 bridgehead atoms. The summed E-state index contributed by atoms with van der Waals surface area (Å²) in [7, 11) is 0. The molecular weight excluding hydrogens is 346 g/mol. The third-order valence-electron chi connectivity index (χ3n) is 4.72. The highest BCUT2D eigenvalue weighted by Crippen LogP contribution is 2.29. The van der Waals surface area contributed by atoms with Crippen molar-refractivity contribution >= 4 is 38.4 Å². The second-order valence-electron chi connectivity index (χ2n) is 6.43. The van der Waals surface area contributed by atoms with Gasteiger partial charge >= 0.3 is 5.69 Å². The van der Waals surface area contributed by atoms with Crippen molar-refractivity contribution in [1.82, 2.24) is 9.13 Å². The number of rotatable bonds is 5. The fourth-order valence-electron chi connectivity index (χ4n) is 3.49. The van der Waals surface area contributed by atoms with Gasteiger partial charge in [-0.1, -0.05) is 24.3 Å². The first-order valence-electron chi connectivity index (χ1n) is 8.48. The Morgan fingerprint density at radius 3 is 2.54 bits per heavy atom. The van der Waals surface area contributed by atoms with Gasteiger partial charge in [-0.3, -0.25) is 13.9 Å². The Morgan fingerprint density at radius 1 is 1.08 bits per heavy atom. The Bertz CT molecular complexity index is 1180. The predicted octanol–water partition coefficient (Wildman–Crippen LogP) is 3.25. The number of imidazole rings is 1. The van der Waals surface area contributed by atoms with Gasteiger partial charge in [0.1, 0.15) is 0 Å². The number of aryl methyl sites for hydroxylation is 2. The van der Waals surface area contributed by atoms with Gasteiger partial charge in [0.05, 0.1) is 17.6 Å². The molecule has 0 radical (unpaired) electrons. The molecule has 0 aliphatic carbocycles. The number of nitrogens with zero attached hydrogens (tertiary/aromatic N) is 2. The highest BCUT2D eigenvalue weighted by molar-refractivity contribution is 7.17. The van der Waals surface area contributed by atoms with Gasteiger partial charge in [-0.25, -0.2) is 4.79 Å². The SMILES string of the molecule is Cc1cccc2scc(Cn3c(=O)n(CCC(N)=O)c4ccccc43)c12. The molecule has 0 aliphatic rings. The Balaban J connectivity index is 1.85. The number of hydrogen-bond donors (Lipinski definition) is 1. The van der Waals surface area contributed by atoms with E-state index in [1.54, 1.807) is 20.5 Å². The lowest BCUT2D eigenvalue weighted by Gasteiger charge is -2.04. The number of thiophene rings is 1. The molecule has 0 atom stereocenters. The summed E-state index contributed by atoms with van der Waals surface area (Å²) in [5.41, 5.74) is 9.21. The van der Waals surface area contributed by atoms with Crippen LogP contribution in [0.5, 0.6) is 0 Å². The molecule has 0 unspecified atom stereocenters. The lowest BCUT2D eigenvalue weighted by Crippen LogP contribution is -2.26. The maximum absolute atomic E-state index is 13.0. The van der Waals surface area contributed by atoms with Crippen LogP contribution >= 0.6 is 11.3 Å². The number of para-hydroxylation sites is 2. The smallest absolute Gasteiger partial charge is 0.329 e. The van der Waals surface area contributed by atoms with Crippen LogP contribution in [0.1, 0.15) is 17.5 Å². The van der Waals surface area contributed by atoms with Crippen LogP contribution in [0.4, 0.5) is 0 Å². The molecule has 4 rings (SSSR count). The maximum atomic E-state index is 13.0. The molecule has 26 heavy (non-hydrogen) atoms. The Morgan fingerprint density at radius 2 is 1.81 bits per heavy atom. The van der Waals surface area contributed by atoms with Crippen molar-refractivity contribution in [3.8, 4) is 0 Å². The van der Waals surface area contributed by atoms with Crippen molar-refractivity contribution in [2.75, 3.05) is 0 Å². The van der Waals surface area contributed by atoms with Crippen LogP contribution in [0.15, 0.2) is 52.6 Å². The van der Waals surface area contributed by atoms with Crippen molar-refractivity contribution in [3.63, 3.8) is 0 Å². The molecule has 132 valence electrons. The summed E-state index contributed by atoms with van der Waals surface area (Å²) in [5.74, 6) is -0.409. The first kappa shape index (κ1) is 16.6. The Labute approximate surface area is 154 Å². The summed E-state index contributed by atoms with van der Waals surface area (Å²) in [4.78, 5) is 24.2. The first-order chi connectivity index (χ1) is 12.6. The molecule has 0 saturated heterocycles. The van der Waals surface area contributed by atoms with Crippen LogP contribution < -0.4 is 11.4 Å². The number of hydrogen-bond acceptors (Lipinski definition) is 3. The second-order valence-corrected chi connectivity index (χ2v) is 7.35. The zero-order valence-corrected chi connectivity index (χ0v) is 15.3. The van der Waals surface area contributed by atoms with Gasteiger partial charge in [-0.15, -0.1) is 11.3 Å². The molecule has 2 N–H and O–H groups in total. The van der Waals surface area contributed by atoms with E-state index in [9.17, 15) is 9.59 Å². The molecule has 2 heterocycles. The van der Waals surface area contributed by atoms with Crippen LogP contribution in [0, 0.1) is 6.92 Å². The van der Waals surface area contributed by atoms with E-state index >= 15 is 0 Å². The first-order valence-corrected chi connectivity index (χ1v) is 9.36. The van der Waals surface area contributed by atoms with E-state index in [0.717, 1.165) is 16.6 Å². The summed E-state index contributed by atoms with van der Waals surface area (Å²) in [6, 6.07) is 13.9. The molecule has 0 fully saturated rings. The molecule has 2 aromatic heterocycles. The summed E-state index contributed by atoms with van der Waals surface area (Å²) in [5, 5.41) is 3.35. The number of benzene rings is 2. The van der Waals surface area contributed by atoms with Crippen LogP contribution in [0.3, 0.4) is 0 Å². The predicted molar refractivity (Wildman–Crippen MR) is 106 cm³/mol. The normalized spacial score (nSPS) is 11.4. The summed E-state index contributed by atoms with van der Waals surface area (Å²) in [6.45, 7) is 2.90. The number of fused-ring (bicyclic) bond motifs is 2. The Hall–Kier alpha value is -2.86. The lowest BCUT2D eigenvalue weighted by atomic mass is 10.1. The van der Waals surface area contributed by atoms with Gasteiger partial charge in [0.15, 0.2) is 0 Å². The fraction of sp³-hybridized carbons (Fsp3) is 0.200. The molecule has 0 saturated carbocycles. The van der Waals surface area contributed by atoms with Crippen molar-refractivity contribution in [2.45, 2.75) is 26.4 Å².